The molecule has 0 aliphatic carbocycles. The van der Waals surface area contributed by atoms with Crippen molar-refractivity contribution in [3.05, 3.63) is 40.9 Å². The van der Waals surface area contributed by atoms with Crippen molar-refractivity contribution < 1.29 is 19.1 Å². The standard InChI is InChI=1S/C19H23ClN4O4S/c20-15-1-3-16(4-2-15)28-14-18(26)24(7-6-23-8-10-27-11-9-23)13-17(25)22-19-21-5-12-29-19/h1-5,12H,6-11,13-14H2,(H,21,22,25). The summed E-state index contributed by atoms with van der Waals surface area (Å²) in [7, 11) is 0. The second-order valence-corrected chi connectivity index (χ2v) is 7.73. The van der Waals surface area contributed by atoms with Gasteiger partial charge in [0.15, 0.2) is 11.7 Å². The Kier molecular flexibility index (Phi) is 8.24. The van der Waals surface area contributed by atoms with E-state index in [1.807, 2.05) is 0 Å². The van der Waals surface area contributed by atoms with Crippen LogP contribution in [0.15, 0.2) is 35.8 Å². The lowest BCUT2D eigenvalue weighted by Gasteiger charge is -2.29. The van der Waals surface area contributed by atoms with Gasteiger partial charge in [-0.15, -0.1) is 11.3 Å². The molecule has 1 aromatic carbocycles. The van der Waals surface area contributed by atoms with Crippen molar-refractivity contribution in [1.29, 1.82) is 0 Å². The molecule has 1 aliphatic heterocycles. The van der Waals surface area contributed by atoms with E-state index in [1.165, 1.54) is 16.2 Å². The van der Waals surface area contributed by atoms with Crippen molar-refractivity contribution in [2.75, 3.05) is 57.9 Å². The van der Waals surface area contributed by atoms with Crippen LogP contribution in [0.25, 0.3) is 0 Å². The molecule has 29 heavy (non-hydrogen) atoms. The Hall–Kier alpha value is -2.20. The number of benzene rings is 1. The summed E-state index contributed by atoms with van der Waals surface area (Å²) in [6, 6.07) is 6.78. The maximum atomic E-state index is 12.7. The quantitative estimate of drug-likeness (QED) is 0.644. The van der Waals surface area contributed by atoms with E-state index >= 15 is 0 Å². The molecule has 1 N–H and O–H groups in total. The van der Waals surface area contributed by atoms with Gasteiger partial charge in [0.05, 0.1) is 13.2 Å². The predicted octanol–water partition coefficient (Wildman–Crippen LogP) is 1.97. The lowest BCUT2D eigenvalue weighted by Crippen LogP contribution is -2.46. The molecular weight excluding hydrogens is 416 g/mol. The molecular formula is C19H23ClN4O4S. The lowest BCUT2D eigenvalue weighted by atomic mass is 10.3. The first-order valence-corrected chi connectivity index (χ1v) is 10.5. The fraction of sp³-hybridized carbons (Fsp3) is 0.421. The van der Waals surface area contributed by atoms with E-state index in [1.54, 1.807) is 35.8 Å². The first kappa shape index (κ1) is 21.5. The highest BCUT2D eigenvalue weighted by Crippen LogP contribution is 2.15. The zero-order valence-corrected chi connectivity index (χ0v) is 17.5. The van der Waals surface area contributed by atoms with E-state index in [0.29, 0.717) is 42.2 Å². The molecule has 3 rings (SSSR count). The highest BCUT2D eigenvalue weighted by atomic mass is 35.5. The van der Waals surface area contributed by atoms with Crippen molar-refractivity contribution in [2.45, 2.75) is 0 Å². The van der Waals surface area contributed by atoms with Crippen molar-refractivity contribution in [2.24, 2.45) is 0 Å². The summed E-state index contributed by atoms with van der Waals surface area (Å²) < 4.78 is 10.9. The number of anilines is 1. The maximum Gasteiger partial charge on any atom is 0.261 e. The van der Waals surface area contributed by atoms with Crippen LogP contribution in [0.1, 0.15) is 0 Å². The molecule has 0 bridgehead atoms. The van der Waals surface area contributed by atoms with Crippen LogP contribution < -0.4 is 10.1 Å². The third-order valence-corrected chi connectivity index (χ3v) is 5.27. The van der Waals surface area contributed by atoms with E-state index in [4.69, 9.17) is 21.1 Å². The minimum absolute atomic E-state index is 0.0628. The van der Waals surface area contributed by atoms with Gasteiger partial charge >= 0.3 is 0 Å². The van der Waals surface area contributed by atoms with Crippen LogP contribution in [-0.2, 0) is 14.3 Å². The van der Waals surface area contributed by atoms with Crippen LogP contribution in [-0.4, -0.2) is 79.1 Å². The van der Waals surface area contributed by atoms with Crippen LogP contribution in [0.3, 0.4) is 0 Å². The summed E-state index contributed by atoms with van der Waals surface area (Å²) in [5.74, 6) is -0.00705. The molecule has 0 atom stereocenters. The van der Waals surface area contributed by atoms with E-state index < -0.39 is 0 Å². The monoisotopic (exact) mass is 438 g/mol. The van der Waals surface area contributed by atoms with Crippen LogP contribution >= 0.6 is 22.9 Å². The normalized spacial score (nSPS) is 14.4. The van der Waals surface area contributed by atoms with Crippen molar-refractivity contribution >= 4 is 39.9 Å². The average Bonchev–Trinajstić information content (AvgIpc) is 3.24. The highest BCUT2D eigenvalue weighted by Gasteiger charge is 2.20. The molecule has 0 radical (unpaired) electrons. The van der Waals surface area contributed by atoms with Gasteiger partial charge in [-0.2, -0.15) is 0 Å². The van der Waals surface area contributed by atoms with E-state index in [9.17, 15) is 9.59 Å². The summed E-state index contributed by atoms with van der Waals surface area (Å²) in [5, 5.41) is 5.59. The van der Waals surface area contributed by atoms with Gasteiger partial charge in [0.1, 0.15) is 12.3 Å². The summed E-state index contributed by atoms with van der Waals surface area (Å²) >= 11 is 7.19. The van der Waals surface area contributed by atoms with Gasteiger partial charge in [0.2, 0.25) is 5.91 Å². The first-order chi connectivity index (χ1) is 14.1. The fourth-order valence-electron chi connectivity index (χ4n) is 2.76. The van der Waals surface area contributed by atoms with Gasteiger partial charge in [0, 0.05) is 42.8 Å². The lowest BCUT2D eigenvalue weighted by molar-refractivity contribution is -0.136. The minimum Gasteiger partial charge on any atom is -0.484 e. The number of nitrogens with one attached hydrogen (secondary N) is 1. The average molecular weight is 439 g/mol. The molecule has 1 aliphatic rings. The zero-order chi connectivity index (χ0) is 20.5. The number of carbonyl (C=O) groups excluding carboxylic acids is 2. The number of morpholine rings is 1. The molecule has 0 spiro atoms. The second kappa shape index (κ2) is 11.1. The van der Waals surface area contributed by atoms with Gasteiger partial charge < -0.3 is 19.7 Å². The Morgan fingerprint density at radius 1 is 1.28 bits per heavy atom. The Balaban J connectivity index is 1.55. The topological polar surface area (TPSA) is 84.0 Å². The van der Waals surface area contributed by atoms with E-state index in [2.05, 4.69) is 15.2 Å². The smallest absolute Gasteiger partial charge is 0.261 e. The number of hydrogen-bond acceptors (Lipinski definition) is 7. The van der Waals surface area contributed by atoms with Crippen LogP contribution in [0.5, 0.6) is 5.75 Å². The Bertz CT molecular complexity index is 782. The molecule has 2 aromatic rings. The van der Waals surface area contributed by atoms with Crippen molar-refractivity contribution in [3.63, 3.8) is 0 Å². The molecule has 2 amide bonds. The fourth-order valence-corrected chi connectivity index (χ4v) is 3.43. The second-order valence-electron chi connectivity index (χ2n) is 6.40. The number of nitrogens with zero attached hydrogens (tertiary/aromatic N) is 3. The van der Waals surface area contributed by atoms with Gasteiger partial charge in [-0.3, -0.25) is 14.5 Å². The molecule has 0 saturated carbocycles. The largest absolute Gasteiger partial charge is 0.484 e. The highest BCUT2D eigenvalue weighted by molar-refractivity contribution is 7.13. The number of ether oxygens (including phenoxy) is 2. The molecule has 2 heterocycles. The zero-order valence-electron chi connectivity index (χ0n) is 15.9. The molecule has 1 aromatic heterocycles. The Morgan fingerprint density at radius 2 is 2.03 bits per heavy atom. The molecule has 0 unspecified atom stereocenters. The third-order valence-electron chi connectivity index (χ3n) is 4.33. The predicted molar refractivity (Wildman–Crippen MR) is 112 cm³/mol. The van der Waals surface area contributed by atoms with E-state index in [0.717, 1.165) is 13.1 Å². The van der Waals surface area contributed by atoms with Gasteiger partial charge in [0.25, 0.3) is 5.91 Å². The molecule has 156 valence electrons. The molecule has 10 heteroatoms. The Morgan fingerprint density at radius 3 is 2.72 bits per heavy atom. The number of thiazole rings is 1. The summed E-state index contributed by atoms with van der Waals surface area (Å²) in [6.45, 7) is 3.86. The van der Waals surface area contributed by atoms with Crippen molar-refractivity contribution in [1.82, 2.24) is 14.8 Å². The number of aromatic nitrogens is 1. The number of carbonyl (C=O) groups is 2. The number of rotatable bonds is 9. The van der Waals surface area contributed by atoms with Crippen LogP contribution in [0.2, 0.25) is 5.02 Å². The maximum absolute atomic E-state index is 12.7. The number of amides is 2. The molecule has 8 nitrogen and oxygen atoms in total. The third kappa shape index (κ3) is 7.28. The SMILES string of the molecule is O=C(CN(CCN1CCOCC1)C(=O)COc1ccc(Cl)cc1)Nc1nccs1. The van der Waals surface area contributed by atoms with Gasteiger partial charge in [-0.05, 0) is 24.3 Å². The summed E-state index contributed by atoms with van der Waals surface area (Å²) in [5.41, 5.74) is 0. The van der Waals surface area contributed by atoms with Crippen molar-refractivity contribution in [3.8, 4) is 5.75 Å². The summed E-state index contributed by atoms with van der Waals surface area (Å²) in [4.78, 5) is 32.8. The van der Waals surface area contributed by atoms with Crippen LogP contribution in [0, 0.1) is 0 Å². The van der Waals surface area contributed by atoms with Gasteiger partial charge in [-0.25, -0.2) is 4.98 Å². The number of hydrogen-bond donors (Lipinski definition) is 1. The summed E-state index contributed by atoms with van der Waals surface area (Å²) in [6.07, 6.45) is 1.61. The minimum atomic E-state index is -0.290. The number of halogens is 1. The molecule has 1 saturated heterocycles. The van der Waals surface area contributed by atoms with Crippen LogP contribution in [0.4, 0.5) is 5.13 Å². The van der Waals surface area contributed by atoms with E-state index in [-0.39, 0.29) is 25.0 Å². The van der Waals surface area contributed by atoms with Gasteiger partial charge in [-0.1, -0.05) is 11.6 Å². The molecule has 1 fully saturated rings. The first-order valence-electron chi connectivity index (χ1n) is 9.26. The Labute approximate surface area is 178 Å².